The highest BCUT2D eigenvalue weighted by Gasteiger charge is 2.31. The number of amides is 3. The molecule has 3 amide bonds. The van der Waals surface area contributed by atoms with Gasteiger partial charge >= 0.3 is 5.97 Å². The quantitative estimate of drug-likeness (QED) is 0.338. The number of benzene rings is 2. The van der Waals surface area contributed by atoms with Crippen LogP contribution in [0.2, 0.25) is 0 Å². The maximum Gasteiger partial charge on any atom is 0.306 e. The first-order chi connectivity index (χ1) is 16.5. The molecule has 0 aromatic heterocycles. The molecule has 35 heavy (non-hydrogen) atoms. The summed E-state index contributed by atoms with van der Waals surface area (Å²) in [6, 6.07) is 8.40. The van der Waals surface area contributed by atoms with Gasteiger partial charge in [0.15, 0.2) is 6.29 Å². The van der Waals surface area contributed by atoms with E-state index in [9.17, 15) is 24.0 Å². The lowest BCUT2D eigenvalue weighted by atomic mass is 9.96. The molecule has 1 atom stereocenters. The first-order valence-corrected chi connectivity index (χ1v) is 11.5. The molecule has 186 valence electrons. The SMILES string of the molecule is CN(c1ccc(CNC(=O)CCC(=O)OC(C)(C)C)c2cccc(C=O)c12)C1CCC(=O)NC1=O. The summed E-state index contributed by atoms with van der Waals surface area (Å²) in [6.45, 7) is 5.51. The number of likely N-dealkylation sites (N-methyl/N-ethyl adjacent to an activating group) is 1. The number of imide groups is 1. The van der Waals surface area contributed by atoms with Gasteiger partial charge in [-0.05, 0) is 44.2 Å². The number of esters is 1. The molecular formula is C26H31N3O6. The number of hydrogen-bond acceptors (Lipinski definition) is 7. The number of aldehydes is 1. The number of ether oxygens (including phenoxy) is 1. The number of carbonyl (C=O) groups excluding carboxylic acids is 5. The first-order valence-electron chi connectivity index (χ1n) is 11.5. The number of hydrogen-bond donors (Lipinski definition) is 2. The molecule has 1 aliphatic heterocycles. The van der Waals surface area contributed by atoms with Crippen LogP contribution in [0.4, 0.5) is 5.69 Å². The molecule has 1 heterocycles. The topological polar surface area (TPSA) is 122 Å². The van der Waals surface area contributed by atoms with E-state index in [1.165, 1.54) is 0 Å². The van der Waals surface area contributed by atoms with Gasteiger partial charge in [0.2, 0.25) is 17.7 Å². The third-order valence-electron chi connectivity index (χ3n) is 5.78. The molecule has 0 saturated carbocycles. The van der Waals surface area contributed by atoms with Crippen LogP contribution in [0.5, 0.6) is 0 Å². The largest absolute Gasteiger partial charge is 0.460 e. The third-order valence-corrected chi connectivity index (χ3v) is 5.78. The van der Waals surface area contributed by atoms with Crippen molar-refractivity contribution in [1.29, 1.82) is 0 Å². The summed E-state index contributed by atoms with van der Waals surface area (Å²) < 4.78 is 5.23. The van der Waals surface area contributed by atoms with Gasteiger partial charge in [-0.25, -0.2) is 0 Å². The van der Waals surface area contributed by atoms with Crippen LogP contribution >= 0.6 is 0 Å². The lowest BCUT2D eigenvalue weighted by molar-refractivity contribution is -0.155. The molecule has 0 bridgehead atoms. The normalized spacial score (nSPS) is 15.9. The van der Waals surface area contributed by atoms with Crippen molar-refractivity contribution in [3.05, 3.63) is 41.5 Å². The van der Waals surface area contributed by atoms with Crippen molar-refractivity contribution in [3.8, 4) is 0 Å². The fourth-order valence-corrected chi connectivity index (χ4v) is 4.13. The smallest absolute Gasteiger partial charge is 0.306 e. The number of anilines is 1. The van der Waals surface area contributed by atoms with E-state index in [1.807, 2.05) is 12.1 Å². The second kappa shape index (κ2) is 10.7. The Bertz CT molecular complexity index is 1170. The van der Waals surface area contributed by atoms with E-state index >= 15 is 0 Å². The monoisotopic (exact) mass is 481 g/mol. The summed E-state index contributed by atoms with van der Waals surface area (Å²) in [5.41, 5.74) is 1.31. The second-order valence-electron chi connectivity index (χ2n) is 9.57. The van der Waals surface area contributed by atoms with Crippen LogP contribution < -0.4 is 15.5 Å². The summed E-state index contributed by atoms with van der Waals surface area (Å²) in [5.74, 6) is -1.40. The molecular weight excluding hydrogens is 450 g/mol. The van der Waals surface area contributed by atoms with Gasteiger partial charge in [-0.3, -0.25) is 29.3 Å². The summed E-state index contributed by atoms with van der Waals surface area (Å²) in [7, 11) is 1.76. The van der Waals surface area contributed by atoms with Crippen molar-refractivity contribution in [1.82, 2.24) is 10.6 Å². The van der Waals surface area contributed by atoms with E-state index in [4.69, 9.17) is 4.74 Å². The van der Waals surface area contributed by atoms with Gasteiger partial charge in [-0.1, -0.05) is 24.3 Å². The van der Waals surface area contributed by atoms with E-state index in [2.05, 4.69) is 10.6 Å². The molecule has 1 aliphatic rings. The lowest BCUT2D eigenvalue weighted by Crippen LogP contribution is -2.51. The number of fused-ring (bicyclic) bond motifs is 1. The number of rotatable bonds is 8. The number of piperidine rings is 1. The Morgan fingerprint density at radius 1 is 1.17 bits per heavy atom. The average Bonchev–Trinajstić information content (AvgIpc) is 2.79. The molecule has 2 aromatic carbocycles. The number of carbonyl (C=O) groups is 5. The van der Waals surface area contributed by atoms with Crippen LogP contribution in [-0.2, 0) is 30.5 Å². The fourth-order valence-electron chi connectivity index (χ4n) is 4.13. The molecule has 9 heteroatoms. The van der Waals surface area contributed by atoms with Gasteiger partial charge in [0.1, 0.15) is 11.6 Å². The van der Waals surface area contributed by atoms with Gasteiger partial charge in [0.05, 0.1) is 6.42 Å². The van der Waals surface area contributed by atoms with E-state index in [0.29, 0.717) is 23.1 Å². The molecule has 1 unspecified atom stereocenters. The molecule has 3 rings (SSSR count). The van der Waals surface area contributed by atoms with Crippen molar-refractivity contribution >= 4 is 46.4 Å². The standard InChI is InChI=1S/C26H31N3O6/c1-26(2,3)35-23(33)13-12-21(31)27-14-16-8-9-19(24-17(15-30)6-5-7-18(16)24)29(4)20-10-11-22(32)28-25(20)34/h5-9,15,20H,10-14H2,1-4H3,(H,27,31)(H,28,32,34). The minimum absolute atomic E-state index is 0.00274. The molecule has 0 aliphatic carbocycles. The zero-order chi connectivity index (χ0) is 25.8. The Hall–Kier alpha value is -3.75. The Labute approximate surface area is 204 Å². The van der Waals surface area contributed by atoms with Crippen molar-refractivity contribution in [2.75, 3.05) is 11.9 Å². The molecule has 1 saturated heterocycles. The zero-order valence-electron chi connectivity index (χ0n) is 20.5. The summed E-state index contributed by atoms with van der Waals surface area (Å²) >= 11 is 0. The predicted octanol–water partition coefficient (Wildman–Crippen LogP) is 2.63. The number of nitrogens with one attached hydrogen (secondary N) is 2. The Kier molecular flexibility index (Phi) is 7.89. The van der Waals surface area contributed by atoms with E-state index < -0.39 is 17.6 Å². The van der Waals surface area contributed by atoms with E-state index in [-0.39, 0.29) is 43.5 Å². The summed E-state index contributed by atoms with van der Waals surface area (Å²) in [4.78, 5) is 61.8. The molecule has 2 N–H and O–H groups in total. The Morgan fingerprint density at radius 2 is 1.91 bits per heavy atom. The second-order valence-corrected chi connectivity index (χ2v) is 9.57. The van der Waals surface area contributed by atoms with Crippen molar-refractivity contribution < 1.29 is 28.7 Å². The first kappa shape index (κ1) is 25.9. The lowest BCUT2D eigenvalue weighted by Gasteiger charge is -2.32. The minimum Gasteiger partial charge on any atom is -0.460 e. The van der Waals surface area contributed by atoms with Crippen LogP contribution in [0.3, 0.4) is 0 Å². The van der Waals surface area contributed by atoms with Crippen LogP contribution in [0.15, 0.2) is 30.3 Å². The van der Waals surface area contributed by atoms with E-state index in [1.54, 1.807) is 50.9 Å². The summed E-state index contributed by atoms with van der Waals surface area (Å²) in [6.07, 6.45) is 1.36. The van der Waals surface area contributed by atoms with Gasteiger partial charge < -0.3 is 15.0 Å². The average molecular weight is 482 g/mol. The summed E-state index contributed by atoms with van der Waals surface area (Å²) in [5, 5.41) is 6.61. The fraction of sp³-hybridized carbons (Fsp3) is 0.423. The van der Waals surface area contributed by atoms with Gasteiger partial charge in [0.25, 0.3) is 0 Å². The molecule has 9 nitrogen and oxygen atoms in total. The minimum atomic E-state index is -0.606. The molecule has 1 fully saturated rings. The Balaban J connectivity index is 1.80. The van der Waals surface area contributed by atoms with Crippen molar-refractivity contribution in [3.63, 3.8) is 0 Å². The highest BCUT2D eigenvalue weighted by molar-refractivity contribution is 6.08. The van der Waals surface area contributed by atoms with Crippen LogP contribution in [0.1, 0.15) is 62.4 Å². The molecule has 0 spiro atoms. The van der Waals surface area contributed by atoms with Gasteiger partial charge in [0, 0.05) is 43.1 Å². The highest BCUT2D eigenvalue weighted by Crippen LogP contribution is 2.33. The van der Waals surface area contributed by atoms with Crippen molar-refractivity contribution in [2.45, 2.75) is 64.6 Å². The molecule has 0 radical (unpaired) electrons. The zero-order valence-corrected chi connectivity index (χ0v) is 20.5. The van der Waals surface area contributed by atoms with Crippen LogP contribution in [0.25, 0.3) is 10.8 Å². The number of nitrogens with zero attached hydrogens (tertiary/aromatic N) is 1. The van der Waals surface area contributed by atoms with Crippen LogP contribution in [0, 0.1) is 0 Å². The third kappa shape index (κ3) is 6.44. The van der Waals surface area contributed by atoms with Gasteiger partial charge in [-0.15, -0.1) is 0 Å². The van der Waals surface area contributed by atoms with Crippen molar-refractivity contribution in [2.24, 2.45) is 0 Å². The van der Waals surface area contributed by atoms with E-state index in [0.717, 1.165) is 17.2 Å². The van der Waals surface area contributed by atoms with Crippen LogP contribution in [-0.4, -0.2) is 48.7 Å². The predicted molar refractivity (Wildman–Crippen MR) is 131 cm³/mol. The maximum absolute atomic E-state index is 12.4. The van der Waals surface area contributed by atoms with Gasteiger partial charge in [-0.2, -0.15) is 0 Å². The maximum atomic E-state index is 12.4. The highest BCUT2D eigenvalue weighted by atomic mass is 16.6. The Morgan fingerprint density at radius 3 is 2.57 bits per heavy atom. The molecule has 2 aromatic rings.